The number of H-pyrrole nitrogens is 1. The molecule has 2 aromatic carbocycles. The molecule has 3 heterocycles. The number of rotatable bonds is 6. The number of piperidine rings is 1. The Balaban J connectivity index is 1.30. The Morgan fingerprint density at radius 2 is 1.76 bits per heavy atom. The third-order valence-corrected chi connectivity index (χ3v) is 6.16. The highest BCUT2D eigenvalue weighted by Gasteiger charge is 2.30. The first-order chi connectivity index (χ1) is 16.1. The molecule has 33 heavy (non-hydrogen) atoms. The van der Waals surface area contributed by atoms with Gasteiger partial charge in [0.25, 0.3) is 11.5 Å². The molecule has 5 rings (SSSR count). The maximum atomic E-state index is 12.9. The van der Waals surface area contributed by atoms with E-state index in [4.69, 9.17) is 9.47 Å². The van der Waals surface area contributed by atoms with Crippen molar-refractivity contribution < 1.29 is 19.1 Å². The number of ether oxygens (including phenoxy) is 2. The summed E-state index contributed by atoms with van der Waals surface area (Å²) < 4.78 is 12.7. The van der Waals surface area contributed by atoms with Gasteiger partial charge in [0.15, 0.2) is 0 Å². The van der Waals surface area contributed by atoms with Gasteiger partial charge in [0.1, 0.15) is 23.9 Å². The van der Waals surface area contributed by atoms with Crippen molar-refractivity contribution in [1.82, 2.24) is 20.0 Å². The van der Waals surface area contributed by atoms with E-state index in [2.05, 4.69) is 27.4 Å². The zero-order valence-corrected chi connectivity index (χ0v) is 18.2. The fourth-order valence-electron chi connectivity index (χ4n) is 4.31. The van der Waals surface area contributed by atoms with Gasteiger partial charge in [-0.15, -0.1) is 0 Å². The summed E-state index contributed by atoms with van der Waals surface area (Å²) in [4.78, 5) is 38.9. The summed E-state index contributed by atoms with van der Waals surface area (Å²) in [6.07, 6.45) is 0.480. The van der Waals surface area contributed by atoms with Gasteiger partial charge >= 0.3 is 0 Å². The number of carbonyl (C=O) groups is 2. The normalized spacial score (nSPS) is 19.6. The molecule has 0 spiro atoms. The first kappa shape index (κ1) is 21.4. The molecule has 2 amide bonds. The highest BCUT2D eigenvalue weighted by molar-refractivity contribution is 5.99. The van der Waals surface area contributed by atoms with Crippen LogP contribution in [-0.2, 0) is 27.5 Å². The van der Waals surface area contributed by atoms with Gasteiger partial charge in [0, 0.05) is 26.1 Å². The average Bonchev–Trinajstić information content (AvgIpc) is 3.16. The van der Waals surface area contributed by atoms with Gasteiger partial charge in [-0.3, -0.25) is 29.7 Å². The van der Waals surface area contributed by atoms with E-state index in [1.165, 1.54) is 10.2 Å². The van der Waals surface area contributed by atoms with E-state index in [0.717, 1.165) is 38.4 Å². The van der Waals surface area contributed by atoms with Gasteiger partial charge in [0.05, 0.1) is 18.6 Å². The van der Waals surface area contributed by atoms with E-state index >= 15 is 0 Å². The minimum absolute atomic E-state index is 0.198. The van der Waals surface area contributed by atoms with Gasteiger partial charge in [-0.25, -0.2) is 4.68 Å². The van der Waals surface area contributed by atoms with E-state index in [-0.39, 0.29) is 24.3 Å². The van der Waals surface area contributed by atoms with E-state index < -0.39 is 11.9 Å². The van der Waals surface area contributed by atoms with Crippen molar-refractivity contribution in [3.05, 3.63) is 63.9 Å². The summed E-state index contributed by atoms with van der Waals surface area (Å²) in [5, 5.41) is 5.77. The Morgan fingerprint density at radius 3 is 2.52 bits per heavy atom. The molecule has 9 heteroatoms. The number of morpholine rings is 1. The Hall–Kier alpha value is -3.43. The number of carbonyl (C=O) groups excluding carboxylic acids is 2. The second-order valence-electron chi connectivity index (χ2n) is 8.43. The van der Waals surface area contributed by atoms with Crippen LogP contribution in [0.4, 0.5) is 0 Å². The number of benzene rings is 2. The van der Waals surface area contributed by atoms with Crippen LogP contribution in [-0.4, -0.2) is 52.8 Å². The Morgan fingerprint density at radius 1 is 1.00 bits per heavy atom. The molecule has 9 nitrogen and oxygen atoms in total. The standard InChI is InChI=1S/C24H26N4O5/c29-21-9-8-19(23(30)25-21)28-24(31)18-2-1-3-20(22(18)26-28)33-15-17-6-4-16(5-7-17)14-27-10-12-32-13-11-27/h1-7,19,26H,8-15H2,(H,25,29,30)/t19-/m0/s1. The topological polar surface area (TPSA) is 106 Å². The molecule has 2 saturated heterocycles. The lowest BCUT2D eigenvalue weighted by Crippen LogP contribution is -2.44. The lowest BCUT2D eigenvalue weighted by atomic mass is 10.1. The SMILES string of the molecule is O=C1CC[C@H](n2[nH]c3c(OCc4ccc(CN5CCOCC5)cc4)cccc3c2=O)C(=O)N1. The molecule has 0 bridgehead atoms. The average molecular weight is 450 g/mol. The summed E-state index contributed by atoms with van der Waals surface area (Å²) in [5.74, 6) is -0.257. The zero-order valence-electron chi connectivity index (χ0n) is 18.2. The van der Waals surface area contributed by atoms with Crippen LogP contribution in [0.5, 0.6) is 5.75 Å². The lowest BCUT2D eigenvalue weighted by molar-refractivity contribution is -0.136. The van der Waals surface area contributed by atoms with E-state index in [9.17, 15) is 14.4 Å². The highest BCUT2D eigenvalue weighted by Crippen LogP contribution is 2.25. The summed E-state index contributed by atoms with van der Waals surface area (Å²) >= 11 is 0. The molecule has 1 aromatic heterocycles. The van der Waals surface area contributed by atoms with Crippen LogP contribution in [0.25, 0.3) is 10.9 Å². The van der Waals surface area contributed by atoms with E-state index in [0.29, 0.717) is 23.3 Å². The largest absolute Gasteiger partial charge is 0.487 e. The van der Waals surface area contributed by atoms with Gasteiger partial charge in [-0.2, -0.15) is 0 Å². The highest BCUT2D eigenvalue weighted by atomic mass is 16.5. The van der Waals surface area contributed by atoms with Gasteiger partial charge < -0.3 is 9.47 Å². The summed E-state index contributed by atoms with van der Waals surface area (Å²) in [7, 11) is 0. The molecule has 1 atom stereocenters. The second kappa shape index (κ2) is 9.21. The number of para-hydroxylation sites is 1. The number of hydrogen-bond acceptors (Lipinski definition) is 6. The van der Waals surface area contributed by atoms with Crippen molar-refractivity contribution in [2.45, 2.75) is 32.0 Å². The van der Waals surface area contributed by atoms with Crippen LogP contribution in [0.3, 0.4) is 0 Å². The Labute approximate surface area is 190 Å². The van der Waals surface area contributed by atoms with Crippen LogP contribution < -0.4 is 15.6 Å². The molecule has 0 saturated carbocycles. The number of nitrogens with zero attached hydrogens (tertiary/aromatic N) is 2. The summed E-state index contributed by atoms with van der Waals surface area (Å²) in [6.45, 7) is 4.72. The van der Waals surface area contributed by atoms with Crippen molar-refractivity contribution in [2.75, 3.05) is 26.3 Å². The van der Waals surface area contributed by atoms with Crippen molar-refractivity contribution >= 4 is 22.7 Å². The number of amides is 2. The smallest absolute Gasteiger partial charge is 0.275 e. The van der Waals surface area contributed by atoms with E-state index in [1.807, 2.05) is 12.1 Å². The van der Waals surface area contributed by atoms with Crippen molar-refractivity contribution in [3.8, 4) is 5.75 Å². The van der Waals surface area contributed by atoms with Crippen molar-refractivity contribution in [2.24, 2.45) is 0 Å². The van der Waals surface area contributed by atoms with Crippen molar-refractivity contribution in [1.29, 1.82) is 0 Å². The molecule has 0 unspecified atom stereocenters. The third kappa shape index (κ3) is 4.55. The molecule has 172 valence electrons. The van der Waals surface area contributed by atoms with Crippen LogP contribution in [0.1, 0.15) is 30.0 Å². The predicted molar refractivity (Wildman–Crippen MR) is 121 cm³/mol. The molecule has 2 fully saturated rings. The quantitative estimate of drug-likeness (QED) is 0.554. The molecule has 0 radical (unpaired) electrons. The monoisotopic (exact) mass is 450 g/mol. The summed E-state index contributed by atoms with van der Waals surface area (Å²) in [6, 6.07) is 12.8. The molecule has 0 aliphatic carbocycles. The predicted octanol–water partition coefficient (Wildman–Crippen LogP) is 1.72. The number of nitrogens with one attached hydrogen (secondary N) is 2. The van der Waals surface area contributed by atoms with Crippen LogP contribution in [0.15, 0.2) is 47.3 Å². The van der Waals surface area contributed by atoms with Gasteiger partial charge in [-0.05, 0) is 29.7 Å². The molecule has 2 N–H and O–H groups in total. The number of fused-ring (bicyclic) bond motifs is 1. The fraction of sp³-hybridized carbons (Fsp3) is 0.375. The number of aromatic nitrogens is 2. The minimum Gasteiger partial charge on any atom is -0.487 e. The number of imide groups is 1. The summed E-state index contributed by atoms with van der Waals surface area (Å²) in [5.41, 5.74) is 2.49. The van der Waals surface area contributed by atoms with Crippen LogP contribution >= 0.6 is 0 Å². The molecule has 2 aliphatic rings. The first-order valence-electron chi connectivity index (χ1n) is 11.2. The first-order valence-corrected chi connectivity index (χ1v) is 11.2. The van der Waals surface area contributed by atoms with Crippen LogP contribution in [0, 0.1) is 0 Å². The number of aromatic amines is 1. The maximum absolute atomic E-state index is 12.9. The molecular formula is C24H26N4O5. The van der Waals surface area contributed by atoms with Crippen molar-refractivity contribution in [3.63, 3.8) is 0 Å². The fourth-order valence-corrected chi connectivity index (χ4v) is 4.31. The maximum Gasteiger partial charge on any atom is 0.275 e. The minimum atomic E-state index is -0.741. The lowest BCUT2D eigenvalue weighted by Gasteiger charge is -2.26. The Kier molecular flexibility index (Phi) is 5.97. The molecule has 2 aliphatic heterocycles. The second-order valence-corrected chi connectivity index (χ2v) is 8.43. The van der Waals surface area contributed by atoms with Gasteiger partial charge in [-0.1, -0.05) is 30.3 Å². The molecular weight excluding hydrogens is 424 g/mol. The zero-order chi connectivity index (χ0) is 22.8. The van der Waals surface area contributed by atoms with Crippen LogP contribution in [0.2, 0.25) is 0 Å². The molecule has 3 aromatic rings. The van der Waals surface area contributed by atoms with E-state index in [1.54, 1.807) is 18.2 Å². The number of hydrogen-bond donors (Lipinski definition) is 2. The Bertz CT molecular complexity index is 1220. The third-order valence-electron chi connectivity index (χ3n) is 6.16. The van der Waals surface area contributed by atoms with Gasteiger partial charge in [0.2, 0.25) is 5.91 Å².